The maximum Gasteiger partial charge on any atom is 0.0302 e. The van der Waals surface area contributed by atoms with E-state index >= 15 is 0 Å². The zero-order chi connectivity index (χ0) is 15.4. The van der Waals surface area contributed by atoms with Crippen LogP contribution >= 0.6 is 11.3 Å². The van der Waals surface area contributed by atoms with E-state index in [0.29, 0.717) is 6.04 Å². The molecule has 2 heterocycles. The Bertz CT molecular complexity index is 441. The van der Waals surface area contributed by atoms with Crippen LogP contribution in [0.15, 0.2) is 6.07 Å². The van der Waals surface area contributed by atoms with Crippen molar-refractivity contribution >= 4 is 11.3 Å². The predicted octanol–water partition coefficient (Wildman–Crippen LogP) is 2.94. The molecule has 3 nitrogen and oxygen atoms in total. The number of thiophene rings is 1. The average Bonchev–Trinajstić information content (AvgIpc) is 2.94. The molecule has 4 heteroatoms. The van der Waals surface area contributed by atoms with Gasteiger partial charge in [-0.15, -0.1) is 11.3 Å². The molecule has 21 heavy (non-hydrogen) atoms. The normalized spacial score (nSPS) is 20.0. The van der Waals surface area contributed by atoms with E-state index in [-0.39, 0.29) is 0 Å². The number of nitrogens with one attached hydrogen (secondary N) is 1. The fourth-order valence-corrected chi connectivity index (χ4v) is 4.11. The molecule has 1 saturated heterocycles. The number of likely N-dealkylation sites (tertiary alicyclic amines) is 1. The van der Waals surface area contributed by atoms with Gasteiger partial charge in [0.05, 0.1) is 0 Å². The van der Waals surface area contributed by atoms with Gasteiger partial charge in [-0.2, -0.15) is 0 Å². The van der Waals surface area contributed by atoms with Gasteiger partial charge in [0, 0.05) is 42.0 Å². The Morgan fingerprint density at radius 3 is 2.86 bits per heavy atom. The van der Waals surface area contributed by atoms with Gasteiger partial charge < -0.3 is 15.1 Å². The van der Waals surface area contributed by atoms with Crippen LogP contribution < -0.4 is 5.32 Å². The fraction of sp³-hybridized carbons (Fsp3) is 0.765. The molecule has 0 saturated carbocycles. The molecule has 1 fully saturated rings. The molecule has 2 rings (SSSR count). The third-order valence-corrected chi connectivity index (χ3v) is 5.35. The molecule has 1 unspecified atom stereocenters. The third kappa shape index (κ3) is 5.37. The van der Waals surface area contributed by atoms with E-state index in [4.69, 9.17) is 0 Å². The van der Waals surface area contributed by atoms with Crippen molar-refractivity contribution in [3.8, 4) is 0 Å². The first kappa shape index (κ1) is 16.9. The topological polar surface area (TPSA) is 18.5 Å². The number of aryl methyl sites for hydroxylation is 1. The summed E-state index contributed by atoms with van der Waals surface area (Å²) >= 11 is 1.94. The van der Waals surface area contributed by atoms with Gasteiger partial charge in [0.2, 0.25) is 0 Å². The Balaban J connectivity index is 1.84. The van der Waals surface area contributed by atoms with Crippen LogP contribution in [0.1, 0.15) is 35.6 Å². The summed E-state index contributed by atoms with van der Waals surface area (Å²) in [6.45, 7) is 12.5. The van der Waals surface area contributed by atoms with Crippen molar-refractivity contribution in [1.82, 2.24) is 15.1 Å². The summed E-state index contributed by atoms with van der Waals surface area (Å²) in [6.07, 6.45) is 1.35. The molecule has 1 atom stereocenters. The molecule has 0 radical (unpaired) electrons. The Morgan fingerprint density at radius 2 is 2.24 bits per heavy atom. The van der Waals surface area contributed by atoms with E-state index in [1.54, 1.807) is 0 Å². The second-order valence-corrected chi connectivity index (χ2v) is 8.28. The molecule has 1 N–H and O–H groups in total. The van der Waals surface area contributed by atoms with Crippen molar-refractivity contribution in [1.29, 1.82) is 0 Å². The highest BCUT2D eigenvalue weighted by atomic mass is 32.1. The third-order valence-electron chi connectivity index (χ3n) is 4.26. The van der Waals surface area contributed by atoms with E-state index in [1.807, 2.05) is 11.3 Å². The van der Waals surface area contributed by atoms with Gasteiger partial charge in [-0.05, 0) is 51.5 Å². The van der Waals surface area contributed by atoms with Crippen molar-refractivity contribution in [2.45, 2.75) is 46.3 Å². The maximum absolute atomic E-state index is 3.51. The molecule has 0 bridgehead atoms. The summed E-state index contributed by atoms with van der Waals surface area (Å²) in [5.41, 5.74) is 1.51. The van der Waals surface area contributed by atoms with Gasteiger partial charge in [0.15, 0.2) is 0 Å². The zero-order valence-electron chi connectivity index (χ0n) is 14.3. The smallest absolute Gasteiger partial charge is 0.0302 e. The monoisotopic (exact) mass is 309 g/mol. The summed E-state index contributed by atoms with van der Waals surface area (Å²) in [6, 6.07) is 2.95. The highest BCUT2D eigenvalue weighted by molar-refractivity contribution is 7.12. The van der Waals surface area contributed by atoms with Crippen molar-refractivity contribution in [2.24, 2.45) is 5.92 Å². The molecule has 1 aliphatic rings. The van der Waals surface area contributed by atoms with E-state index < -0.39 is 0 Å². The number of rotatable bonds is 7. The lowest BCUT2D eigenvalue weighted by atomic mass is 10.1. The van der Waals surface area contributed by atoms with Crippen LogP contribution in [0.5, 0.6) is 0 Å². The lowest BCUT2D eigenvalue weighted by Crippen LogP contribution is -2.27. The van der Waals surface area contributed by atoms with Crippen molar-refractivity contribution in [3.63, 3.8) is 0 Å². The summed E-state index contributed by atoms with van der Waals surface area (Å²) in [5.74, 6) is 0.848. The maximum atomic E-state index is 3.51. The van der Waals surface area contributed by atoms with Crippen molar-refractivity contribution in [2.75, 3.05) is 33.7 Å². The Hall–Kier alpha value is -0.420. The molecule has 0 aliphatic carbocycles. The van der Waals surface area contributed by atoms with E-state index in [2.05, 4.69) is 56.0 Å². The fourth-order valence-electron chi connectivity index (χ4n) is 3.11. The molecule has 0 amide bonds. The van der Waals surface area contributed by atoms with Crippen LogP contribution in [0, 0.1) is 12.8 Å². The summed E-state index contributed by atoms with van der Waals surface area (Å²) in [5, 5.41) is 3.51. The molecule has 1 aromatic rings. The molecule has 1 aliphatic heterocycles. The average molecular weight is 310 g/mol. The largest absolute Gasteiger partial charge is 0.310 e. The minimum atomic E-state index is 0.554. The molecular weight excluding hydrogens is 278 g/mol. The quantitative estimate of drug-likeness (QED) is 0.835. The van der Waals surface area contributed by atoms with Crippen molar-refractivity contribution in [3.05, 3.63) is 21.4 Å². The standard InChI is InChI=1S/C17H31N3S/c1-13(2)18-9-17-8-16(14(3)21-17)12-20(5)11-15-6-7-19(4)10-15/h8,13,15,18H,6-7,9-12H2,1-5H3. The molecule has 120 valence electrons. The van der Waals surface area contributed by atoms with Gasteiger partial charge in [0.1, 0.15) is 0 Å². The van der Waals surface area contributed by atoms with E-state index in [0.717, 1.165) is 19.0 Å². The number of hydrogen-bond acceptors (Lipinski definition) is 4. The predicted molar refractivity (Wildman–Crippen MR) is 93.0 cm³/mol. The minimum absolute atomic E-state index is 0.554. The summed E-state index contributed by atoms with van der Waals surface area (Å²) in [7, 11) is 4.50. The summed E-state index contributed by atoms with van der Waals surface area (Å²) < 4.78 is 0. The van der Waals surface area contributed by atoms with Gasteiger partial charge >= 0.3 is 0 Å². The Morgan fingerprint density at radius 1 is 1.48 bits per heavy atom. The highest BCUT2D eigenvalue weighted by Gasteiger charge is 2.21. The van der Waals surface area contributed by atoms with Gasteiger partial charge in [0.25, 0.3) is 0 Å². The SMILES string of the molecule is Cc1sc(CNC(C)C)cc1CN(C)CC1CCN(C)C1. The molecule has 1 aromatic heterocycles. The van der Waals surface area contributed by atoms with Crippen LogP contribution in [0.3, 0.4) is 0 Å². The number of nitrogens with zero attached hydrogens (tertiary/aromatic N) is 2. The first-order valence-electron chi connectivity index (χ1n) is 8.12. The molecular formula is C17H31N3S. The van der Waals surface area contributed by atoms with Crippen LogP contribution in [0.25, 0.3) is 0 Å². The Labute approximate surface area is 134 Å². The van der Waals surface area contributed by atoms with E-state index in [9.17, 15) is 0 Å². The lowest BCUT2D eigenvalue weighted by molar-refractivity contribution is 0.267. The van der Waals surface area contributed by atoms with Crippen LogP contribution in [-0.2, 0) is 13.1 Å². The van der Waals surface area contributed by atoms with Gasteiger partial charge in [-0.3, -0.25) is 0 Å². The lowest BCUT2D eigenvalue weighted by Gasteiger charge is -2.20. The van der Waals surface area contributed by atoms with Crippen molar-refractivity contribution < 1.29 is 0 Å². The first-order valence-corrected chi connectivity index (χ1v) is 8.94. The minimum Gasteiger partial charge on any atom is -0.310 e. The van der Waals surface area contributed by atoms with Crippen LogP contribution in [-0.4, -0.2) is 49.6 Å². The van der Waals surface area contributed by atoms with Crippen LogP contribution in [0.4, 0.5) is 0 Å². The van der Waals surface area contributed by atoms with Crippen LogP contribution in [0.2, 0.25) is 0 Å². The van der Waals surface area contributed by atoms with Gasteiger partial charge in [-0.1, -0.05) is 13.8 Å². The Kier molecular flexibility index (Phi) is 6.23. The van der Waals surface area contributed by atoms with Gasteiger partial charge in [-0.25, -0.2) is 0 Å². The second-order valence-electron chi connectivity index (χ2n) is 6.94. The first-order chi connectivity index (χ1) is 9.94. The molecule has 0 aromatic carbocycles. The molecule has 0 spiro atoms. The second kappa shape index (κ2) is 7.73. The van der Waals surface area contributed by atoms with E-state index in [1.165, 1.54) is 41.4 Å². The number of hydrogen-bond donors (Lipinski definition) is 1. The highest BCUT2D eigenvalue weighted by Crippen LogP contribution is 2.24. The summed E-state index contributed by atoms with van der Waals surface area (Å²) in [4.78, 5) is 7.89. The zero-order valence-corrected chi connectivity index (χ0v) is 15.1.